The zero-order valence-corrected chi connectivity index (χ0v) is 5.97. The van der Waals surface area contributed by atoms with E-state index in [0.29, 0.717) is 9.28 Å². The molecule has 0 aliphatic heterocycles. The summed E-state index contributed by atoms with van der Waals surface area (Å²) in [6, 6.07) is 0. The second kappa shape index (κ2) is 2.28. The van der Waals surface area contributed by atoms with Crippen LogP contribution in [0.1, 0.15) is 0 Å². The molecule has 0 radical (unpaired) electrons. The number of H-pyrrole nitrogens is 2. The molecule has 0 bridgehead atoms. The topological polar surface area (TPSA) is 51.8 Å². The lowest BCUT2D eigenvalue weighted by atomic mass is 10.7. The second-order valence-electron chi connectivity index (χ2n) is 1.46. The fraction of sp³-hybridized carbons (Fsp3) is 0. The van der Waals surface area contributed by atoms with Gasteiger partial charge in [-0.05, 0) is 0 Å². The normalized spacial score (nSPS) is 9.33. The van der Waals surface area contributed by atoms with Crippen molar-refractivity contribution in [3.8, 4) is 5.88 Å². The molecule has 1 aromatic rings. The summed E-state index contributed by atoms with van der Waals surface area (Å²) in [5.41, 5.74) is 0. The van der Waals surface area contributed by atoms with Gasteiger partial charge in [0, 0.05) is 0 Å². The van der Waals surface area contributed by atoms with E-state index in [2.05, 4.69) is 22.2 Å². The third-order valence-electron chi connectivity index (χ3n) is 0.788. The zero-order valence-electron chi connectivity index (χ0n) is 4.34. The Morgan fingerprint density at radius 2 is 2.00 bits per heavy atom. The van der Waals surface area contributed by atoms with Gasteiger partial charge in [-0.15, -0.1) is 0 Å². The van der Waals surface area contributed by atoms with Crippen LogP contribution in [0.2, 0.25) is 0 Å². The van der Waals surface area contributed by atoms with Crippen LogP contribution in [0, 0.1) is 9.28 Å². The maximum atomic E-state index is 8.74. The molecule has 0 unspecified atom stereocenters. The molecule has 0 fully saturated rings. The van der Waals surface area contributed by atoms with E-state index in [-0.39, 0.29) is 5.88 Å². The summed E-state index contributed by atoms with van der Waals surface area (Å²) < 4.78 is 0.785. The minimum atomic E-state index is -0.00593. The predicted molar refractivity (Wildman–Crippen MR) is 38.5 cm³/mol. The summed E-state index contributed by atoms with van der Waals surface area (Å²) >= 11 is 9.40. The number of aromatic amines is 2. The lowest BCUT2D eigenvalue weighted by molar-refractivity contribution is 0.449. The van der Waals surface area contributed by atoms with Gasteiger partial charge in [0.2, 0.25) is 5.88 Å². The van der Waals surface area contributed by atoms with E-state index < -0.39 is 0 Å². The van der Waals surface area contributed by atoms with Gasteiger partial charge < -0.3 is 15.1 Å². The van der Waals surface area contributed by atoms with Gasteiger partial charge in [0.05, 0.1) is 6.20 Å². The molecule has 1 rings (SSSR count). The molecule has 0 saturated heterocycles. The molecule has 0 aliphatic rings. The first-order chi connectivity index (χ1) is 4.20. The van der Waals surface area contributed by atoms with Crippen LogP contribution in [0.25, 0.3) is 0 Å². The fourth-order valence-electron chi connectivity index (χ4n) is 0.409. The summed E-state index contributed by atoms with van der Waals surface area (Å²) in [4.78, 5) is 5.07. The summed E-state index contributed by atoms with van der Waals surface area (Å²) in [7, 11) is 0. The molecule has 0 atom stereocenters. The van der Waals surface area contributed by atoms with Gasteiger partial charge in [-0.3, -0.25) is 0 Å². The molecule has 9 heavy (non-hydrogen) atoms. The molecule has 5 heteroatoms. The van der Waals surface area contributed by atoms with Gasteiger partial charge in [0.25, 0.3) is 0 Å². The summed E-state index contributed by atoms with van der Waals surface area (Å²) in [6.45, 7) is 0. The van der Waals surface area contributed by atoms with E-state index in [1.807, 2.05) is 0 Å². The van der Waals surface area contributed by atoms with Crippen molar-refractivity contribution in [2.24, 2.45) is 0 Å². The van der Waals surface area contributed by atoms with E-state index in [1.165, 1.54) is 6.20 Å². The molecule has 3 N–H and O–H groups in total. The molecule has 1 heterocycles. The Labute approximate surface area is 61.4 Å². The van der Waals surface area contributed by atoms with Crippen molar-refractivity contribution >= 4 is 24.4 Å². The maximum absolute atomic E-state index is 8.74. The number of hydrogen-bond acceptors (Lipinski definition) is 3. The summed E-state index contributed by atoms with van der Waals surface area (Å²) in [6.07, 6.45) is 1.35. The van der Waals surface area contributed by atoms with Gasteiger partial charge in [0.1, 0.15) is 9.28 Å². The van der Waals surface area contributed by atoms with Crippen LogP contribution in [0.5, 0.6) is 5.88 Å². The first-order valence-corrected chi connectivity index (χ1v) is 3.03. The molecule has 3 nitrogen and oxygen atoms in total. The number of rotatable bonds is 0. The number of aromatic nitrogens is 2. The average Bonchev–Trinajstić information content (AvgIpc) is 1.80. The van der Waals surface area contributed by atoms with Crippen molar-refractivity contribution in [1.29, 1.82) is 0 Å². The molecule has 48 valence electrons. The van der Waals surface area contributed by atoms with Gasteiger partial charge >= 0.3 is 0 Å². The van der Waals surface area contributed by atoms with Gasteiger partial charge in [-0.2, -0.15) is 0 Å². The van der Waals surface area contributed by atoms with Crippen LogP contribution in [-0.2, 0) is 0 Å². The highest BCUT2D eigenvalue weighted by atomic mass is 32.1. The van der Waals surface area contributed by atoms with E-state index in [4.69, 9.17) is 17.3 Å². The van der Waals surface area contributed by atoms with Gasteiger partial charge in [-0.1, -0.05) is 24.4 Å². The second-order valence-corrected chi connectivity index (χ2v) is 2.27. The number of nitrogens with one attached hydrogen (secondary N) is 2. The number of aromatic hydroxyl groups is 1. The van der Waals surface area contributed by atoms with Crippen LogP contribution >= 0.6 is 24.4 Å². The first kappa shape index (κ1) is 6.44. The van der Waals surface area contributed by atoms with Crippen molar-refractivity contribution in [1.82, 2.24) is 9.97 Å². The Bertz CT molecular complexity index is 313. The standard InChI is InChI=1S/C4H4N2OS2/c7-2-1-5-3(8)4(9)6-2/h1H,(H,5,8)(H2,6,7,9). The molecular formula is C4H4N2OS2. The Morgan fingerprint density at radius 3 is 2.44 bits per heavy atom. The summed E-state index contributed by atoms with van der Waals surface area (Å²) in [5.74, 6) is -0.00593. The average molecular weight is 160 g/mol. The monoisotopic (exact) mass is 160 g/mol. The lowest BCUT2D eigenvalue weighted by Crippen LogP contribution is -1.79. The van der Waals surface area contributed by atoms with E-state index in [1.54, 1.807) is 0 Å². The van der Waals surface area contributed by atoms with Crippen molar-refractivity contribution in [3.63, 3.8) is 0 Å². The van der Waals surface area contributed by atoms with Crippen molar-refractivity contribution in [2.45, 2.75) is 0 Å². The van der Waals surface area contributed by atoms with E-state index in [0.717, 1.165) is 0 Å². The smallest absolute Gasteiger partial charge is 0.206 e. The van der Waals surface area contributed by atoms with Gasteiger partial charge in [0.15, 0.2) is 0 Å². The molecule has 0 aromatic carbocycles. The molecule has 0 spiro atoms. The highest BCUT2D eigenvalue weighted by Gasteiger charge is 1.84. The Hall–Kier alpha value is -0.680. The highest BCUT2D eigenvalue weighted by Crippen LogP contribution is 1.98. The first-order valence-electron chi connectivity index (χ1n) is 2.21. The fourth-order valence-corrected chi connectivity index (χ4v) is 0.682. The Kier molecular flexibility index (Phi) is 1.63. The largest absolute Gasteiger partial charge is 0.494 e. The SMILES string of the molecule is Oc1c[nH]c(=S)c(=S)[nH]1. The highest BCUT2D eigenvalue weighted by molar-refractivity contribution is 7.73. The Balaban J connectivity index is 3.53. The van der Waals surface area contributed by atoms with Crippen LogP contribution < -0.4 is 0 Å². The van der Waals surface area contributed by atoms with Crippen LogP contribution in [-0.4, -0.2) is 15.1 Å². The lowest BCUT2D eigenvalue weighted by Gasteiger charge is -1.88. The van der Waals surface area contributed by atoms with Crippen LogP contribution in [0.15, 0.2) is 6.20 Å². The van der Waals surface area contributed by atoms with Crippen molar-refractivity contribution in [2.75, 3.05) is 0 Å². The Morgan fingerprint density at radius 1 is 1.33 bits per heavy atom. The van der Waals surface area contributed by atoms with Crippen molar-refractivity contribution < 1.29 is 5.11 Å². The van der Waals surface area contributed by atoms with Crippen molar-refractivity contribution in [3.05, 3.63) is 15.5 Å². The maximum Gasteiger partial charge on any atom is 0.206 e. The van der Waals surface area contributed by atoms with Gasteiger partial charge in [-0.25, -0.2) is 0 Å². The molecule has 0 saturated carbocycles. The molecule has 0 amide bonds. The third kappa shape index (κ3) is 1.36. The van der Waals surface area contributed by atoms with E-state index in [9.17, 15) is 0 Å². The molecule has 1 aromatic heterocycles. The van der Waals surface area contributed by atoms with E-state index >= 15 is 0 Å². The van der Waals surface area contributed by atoms with Crippen LogP contribution in [0.3, 0.4) is 0 Å². The molecule has 0 aliphatic carbocycles. The quantitative estimate of drug-likeness (QED) is 0.504. The number of hydrogen-bond donors (Lipinski definition) is 3. The zero-order chi connectivity index (χ0) is 6.85. The third-order valence-corrected chi connectivity index (χ3v) is 1.55. The predicted octanol–water partition coefficient (Wildman–Crippen LogP) is 1.51. The minimum Gasteiger partial charge on any atom is -0.494 e. The molecular weight excluding hydrogens is 156 g/mol. The summed E-state index contributed by atoms with van der Waals surface area (Å²) in [5, 5.41) is 8.74. The van der Waals surface area contributed by atoms with Crippen LogP contribution in [0.4, 0.5) is 0 Å². The minimum absolute atomic E-state index is 0.00593.